The minimum Gasteiger partial charge on any atom is -0.573 e. The van der Waals surface area contributed by atoms with Crippen molar-refractivity contribution in [2.24, 2.45) is 5.92 Å². The first-order valence-electron chi connectivity index (χ1n) is 12.9. The van der Waals surface area contributed by atoms with Gasteiger partial charge in [0.05, 0.1) is 11.4 Å². The molecule has 0 atom stereocenters. The maximum atomic E-state index is 4.85. The molecular weight excluding hydrogens is 639 g/mol. The van der Waals surface area contributed by atoms with Gasteiger partial charge in [0.15, 0.2) is 0 Å². The molecule has 0 saturated heterocycles. The Morgan fingerprint density at radius 1 is 0.838 bits per heavy atom. The maximum Gasteiger partial charge on any atom is 2.00 e. The largest absolute Gasteiger partial charge is 2.00 e. The summed E-state index contributed by atoms with van der Waals surface area (Å²) in [5.41, 5.74) is 9.48. The van der Waals surface area contributed by atoms with Crippen molar-refractivity contribution in [2.45, 2.75) is 86.5 Å². The third kappa shape index (κ3) is 7.70. The summed E-state index contributed by atoms with van der Waals surface area (Å²) < 4.78 is 0. The number of pyridine rings is 2. The van der Waals surface area contributed by atoms with Crippen molar-refractivity contribution in [1.29, 1.82) is 0 Å². The molecule has 37 heavy (non-hydrogen) atoms. The minimum absolute atomic E-state index is 0. The van der Waals surface area contributed by atoms with E-state index in [-0.39, 0.29) is 26.5 Å². The van der Waals surface area contributed by atoms with Gasteiger partial charge in [-0.05, 0) is 78.0 Å². The Kier molecular flexibility index (Phi) is 11.0. The van der Waals surface area contributed by atoms with Crippen LogP contribution in [0.25, 0.3) is 22.8 Å². The second-order valence-corrected chi connectivity index (χ2v) is 11.0. The van der Waals surface area contributed by atoms with Gasteiger partial charge in [-0.2, -0.15) is 0 Å². The van der Waals surface area contributed by atoms with Crippen LogP contribution in [0.4, 0.5) is 0 Å². The molecule has 200 valence electrons. The van der Waals surface area contributed by atoms with Crippen molar-refractivity contribution in [3.8, 4) is 22.8 Å². The molecule has 4 heterocycles. The van der Waals surface area contributed by atoms with Crippen LogP contribution in [0.15, 0.2) is 42.7 Å². The Morgan fingerprint density at radius 3 is 1.89 bits per heavy atom. The molecule has 4 rings (SSSR count). The fourth-order valence-electron chi connectivity index (χ4n) is 4.21. The Labute approximate surface area is 236 Å². The normalized spacial score (nSPS) is 11.3. The van der Waals surface area contributed by atoms with E-state index in [1.165, 1.54) is 11.1 Å². The van der Waals surface area contributed by atoms with E-state index in [4.69, 9.17) is 4.98 Å². The van der Waals surface area contributed by atoms with E-state index in [1.807, 2.05) is 30.6 Å². The maximum absolute atomic E-state index is 4.85. The van der Waals surface area contributed by atoms with Crippen molar-refractivity contribution in [2.75, 3.05) is 0 Å². The van der Waals surface area contributed by atoms with Crippen molar-refractivity contribution in [3.05, 3.63) is 70.8 Å². The quantitative estimate of drug-likeness (QED) is 0.226. The van der Waals surface area contributed by atoms with Crippen LogP contribution >= 0.6 is 0 Å². The van der Waals surface area contributed by atoms with Crippen LogP contribution in [0.3, 0.4) is 0 Å². The van der Waals surface area contributed by atoms with E-state index in [0.29, 0.717) is 11.8 Å². The van der Waals surface area contributed by atoms with E-state index in [0.717, 1.165) is 52.6 Å². The molecule has 0 aliphatic heterocycles. The first-order valence-corrected chi connectivity index (χ1v) is 12.9. The first-order chi connectivity index (χ1) is 17.0. The third-order valence-electron chi connectivity index (χ3n) is 6.19. The molecule has 0 bridgehead atoms. The molecule has 0 amide bonds. The Balaban J connectivity index is 0.000000369. The van der Waals surface area contributed by atoms with Gasteiger partial charge in [0.1, 0.15) is 0 Å². The van der Waals surface area contributed by atoms with Gasteiger partial charge in [-0.1, -0.05) is 72.8 Å². The smallest absolute Gasteiger partial charge is 0.573 e. The fraction of sp³-hybridized carbons (Fsp3) is 0.467. The third-order valence-corrected chi connectivity index (χ3v) is 6.19. The van der Waals surface area contributed by atoms with Crippen molar-refractivity contribution in [3.63, 3.8) is 0 Å². The van der Waals surface area contributed by atoms with Gasteiger partial charge in [0.25, 0.3) is 0 Å². The average molecular weight is 680 g/mol. The van der Waals surface area contributed by atoms with Crippen LogP contribution in [0, 0.1) is 12.8 Å². The van der Waals surface area contributed by atoms with Crippen LogP contribution in [-0.2, 0) is 39.3 Å². The van der Waals surface area contributed by atoms with Crippen molar-refractivity contribution < 1.29 is 21.1 Å². The summed E-state index contributed by atoms with van der Waals surface area (Å²) in [7, 11) is 0. The summed E-state index contributed by atoms with van der Waals surface area (Å²) in [4.78, 5) is 8.81. The second-order valence-electron chi connectivity index (χ2n) is 11.0. The van der Waals surface area contributed by atoms with Gasteiger partial charge in [-0.15, -0.1) is 0 Å². The molecule has 0 aliphatic rings. The van der Waals surface area contributed by atoms with E-state index in [1.54, 1.807) is 0 Å². The Hall–Kier alpha value is -2.59. The average Bonchev–Trinajstić information content (AvgIpc) is 3.42. The number of nitrogens with zero attached hydrogens (tertiary/aromatic N) is 6. The van der Waals surface area contributed by atoms with Gasteiger partial charge >= 0.3 is 21.1 Å². The molecule has 4 aromatic heterocycles. The predicted molar refractivity (Wildman–Crippen MR) is 147 cm³/mol. The zero-order valence-electron chi connectivity index (χ0n) is 23.6. The topological polar surface area (TPSA) is 79.8 Å². The van der Waals surface area contributed by atoms with Gasteiger partial charge in [-0.25, -0.2) is 0 Å². The standard InChI is InChI=1S/C21H27N5.C9H13N.Pt/c1-7-15-14(6)20(25-23-15)16-9-8-10-17(22-16)21-19(13(4)5)18(24-26-21)11-12(2)3;1-9(2,3)8-4-6-10-7-5-8;/h8-10,12-13H,7,11H2,1-6H3;4-7H,1-3H3;/q-2;;+2. The zero-order chi connectivity index (χ0) is 26.5. The van der Waals surface area contributed by atoms with Gasteiger partial charge in [0.2, 0.25) is 0 Å². The molecule has 0 aromatic carbocycles. The van der Waals surface area contributed by atoms with Crippen LogP contribution in [-0.4, -0.2) is 20.2 Å². The molecular formula is C30H40N6Pt. The fourth-order valence-corrected chi connectivity index (χ4v) is 4.21. The molecule has 0 unspecified atom stereocenters. The van der Waals surface area contributed by atoms with Crippen LogP contribution < -0.4 is 10.2 Å². The summed E-state index contributed by atoms with van der Waals surface area (Å²) >= 11 is 0. The first kappa shape index (κ1) is 30.6. The van der Waals surface area contributed by atoms with Crippen LogP contribution in [0.2, 0.25) is 0 Å². The number of rotatable bonds is 6. The monoisotopic (exact) mass is 679 g/mol. The molecule has 7 heteroatoms. The SMILES string of the molecule is CC(C)(C)c1ccncc1.CCc1n[n-]c(-c2cccc(-c3[n-]nc(CC(C)C)c3C(C)C)n2)c1C.[Pt+2]. The van der Waals surface area contributed by atoms with Crippen LogP contribution in [0.1, 0.15) is 89.4 Å². The summed E-state index contributed by atoms with van der Waals surface area (Å²) in [5, 5.41) is 17.6. The molecule has 0 N–H and O–H groups in total. The summed E-state index contributed by atoms with van der Waals surface area (Å²) in [6.45, 7) is 19.5. The number of aryl methyl sites for hydroxylation is 1. The Morgan fingerprint density at radius 2 is 1.41 bits per heavy atom. The molecule has 6 nitrogen and oxygen atoms in total. The Bertz CT molecular complexity index is 1250. The summed E-state index contributed by atoms with van der Waals surface area (Å²) in [5.74, 6) is 0.900. The zero-order valence-corrected chi connectivity index (χ0v) is 25.9. The molecule has 0 spiro atoms. The molecule has 4 aromatic rings. The number of aromatic nitrogens is 6. The van der Waals surface area contributed by atoms with Gasteiger partial charge < -0.3 is 20.4 Å². The van der Waals surface area contributed by atoms with Crippen molar-refractivity contribution >= 4 is 0 Å². The summed E-state index contributed by atoms with van der Waals surface area (Å²) in [6.07, 6.45) is 5.48. The van der Waals surface area contributed by atoms with Gasteiger partial charge in [0, 0.05) is 23.8 Å². The van der Waals surface area contributed by atoms with E-state index in [2.05, 4.69) is 99.8 Å². The summed E-state index contributed by atoms with van der Waals surface area (Å²) in [6, 6.07) is 10.1. The number of hydrogen-bond donors (Lipinski definition) is 0. The van der Waals surface area contributed by atoms with E-state index in [9.17, 15) is 0 Å². The minimum atomic E-state index is 0. The van der Waals surface area contributed by atoms with E-state index >= 15 is 0 Å². The molecule has 0 saturated carbocycles. The number of hydrogen-bond acceptors (Lipinski definition) is 4. The van der Waals surface area contributed by atoms with Gasteiger partial charge in [-0.3, -0.25) is 9.97 Å². The molecule has 0 fully saturated rings. The van der Waals surface area contributed by atoms with E-state index < -0.39 is 0 Å². The molecule has 0 radical (unpaired) electrons. The van der Waals surface area contributed by atoms with Crippen molar-refractivity contribution in [1.82, 2.24) is 30.4 Å². The predicted octanol–water partition coefficient (Wildman–Crippen LogP) is 6.69. The second kappa shape index (κ2) is 13.3. The van der Waals surface area contributed by atoms with Crippen LogP contribution in [0.5, 0.6) is 0 Å². The molecule has 0 aliphatic carbocycles.